The Bertz CT molecular complexity index is 732. The number of rotatable bonds is 3. The standard InChI is InChI=1S/C17H17N3/c1-12-5-2-3-7-14(12)17(20-18)15-8-4-6-13-9-10-19-11-16(13)15/h2-11,17,20H,18H2,1H3. The third-order valence-corrected chi connectivity index (χ3v) is 3.69. The van der Waals surface area contributed by atoms with E-state index in [1.807, 2.05) is 30.6 Å². The normalized spacial score (nSPS) is 12.5. The maximum atomic E-state index is 5.83. The Hall–Kier alpha value is -2.23. The van der Waals surface area contributed by atoms with Gasteiger partial charge in [-0.1, -0.05) is 42.5 Å². The lowest BCUT2D eigenvalue weighted by atomic mass is 9.92. The van der Waals surface area contributed by atoms with E-state index in [0.29, 0.717) is 0 Å². The molecule has 0 aliphatic rings. The maximum Gasteiger partial charge on any atom is 0.0719 e. The van der Waals surface area contributed by atoms with Crippen molar-refractivity contribution in [3.8, 4) is 0 Å². The monoisotopic (exact) mass is 263 g/mol. The smallest absolute Gasteiger partial charge is 0.0719 e. The van der Waals surface area contributed by atoms with E-state index in [1.54, 1.807) is 0 Å². The van der Waals surface area contributed by atoms with Gasteiger partial charge in [0.05, 0.1) is 6.04 Å². The van der Waals surface area contributed by atoms with E-state index >= 15 is 0 Å². The molecule has 3 N–H and O–H groups in total. The van der Waals surface area contributed by atoms with Crippen molar-refractivity contribution in [2.45, 2.75) is 13.0 Å². The number of hydrazine groups is 1. The molecular formula is C17H17N3. The number of benzene rings is 2. The van der Waals surface area contributed by atoms with E-state index < -0.39 is 0 Å². The molecule has 0 aliphatic carbocycles. The molecule has 3 heteroatoms. The van der Waals surface area contributed by atoms with Crippen molar-refractivity contribution in [2.24, 2.45) is 5.84 Å². The second kappa shape index (κ2) is 5.41. The summed E-state index contributed by atoms with van der Waals surface area (Å²) >= 11 is 0. The third kappa shape index (κ3) is 2.18. The quantitative estimate of drug-likeness (QED) is 0.564. The Morgan fingerprint density at radius 2 is 1.80 bits per heavy atom. The Kier molecular flexibility index (Phi) is 3.46. The summed E-state index contributed by atoms with van der Waals surface area (Å²) in [4.78, 5) is 4.24. The van der Waals surface area contributed by atoms with Crippen LogP contribution in [-0.2, 0) is 0 Å². The van der Waals surface area contributed by atoms with Crippen LogP contribution in [0, 0.1) is 6.92 Å². The summed E-state index contributed by atoms with van der Waals surface area (Å²) in [7, 11) is 0. The second-order valence-corrected chi connectivity index (χ2v) is 4.90. The Morgan fingerprint density at radius 3 is 2.60 bits per heavy atom. The van der Waals surface area contributed by atoms with Gasteiger partial charge in [0, 0.05) is 17.8 Å². The summed E-state index contributed by atoms with van der Waals surface area (Å²) in [5.41, 5.74) is 6.49. The lowest BCUT2D eigenvalue weighted by Crippen LogP contribution is -2.29. The number of pyridine rings is 1. The lowest BCUT2D eigenvalue weighted by molar-refractivity contribution is 0.637. The summed E-state index contributed by atoms with van der Waals surface area (Å²) in [6, 6.07) is 16.5. The van der Waals surface area contributed by atoms with Crippen molar-refractivity contribution < 1.29 is 0 Å². The molecule has 0 amide bonds. The first-order chi connectivity index (χ1) is 9.81. The van der Waals surface area contributed by atoms with E-state index in [4.69, 9.17) is 5.84 Å². The van der Waals surface area contributed by atoms with Crippen LogP contribution in [0.1, 0.15) is 22.7 Å². The number of nitrogens with one attached hydrogen (secondary N) is 1. The predicted octanol–water partition coefficient (Wildman–Crippen LogP) is 3.10. The molecule has 0 bridgehead atoms. The van der Waals surface area contributed by atoms with Crippen LogP contribution in [0.3, 0.4) is 0 Å². The zero-order valence-corrected chi connectivity index (χ0v) is 11.4. The molecule has 3 aromatic rings. The first-order valence-electron chi connectivity index (χ1n) is 6.65. The Morgan fingerprint density at radius 1 is 1.00 bits per heavy atom. The summed E-state index contributed by atoms with van der Waals surface area (Å²) in [5, 5.41) is 2.30. The average Bonchev–Trinajstić information content (AvgIpc) is 2.50. The molecule has 0 fully saturated rings. The molecule has 100 valence electrons. The first-order valence-corrected chi connectivity index (χ1v) is 6.65. The van der Waals surface area contributed by atoms with Gasteiger partial charge < -0.3 is 0 Å². The molecule has 0 aliphatic heterocycles. The zero-order chi connectivity index (χ0) is 13.9. The number of fused-ring (bicyclic) bond motifs is 1. The number of hydrogen-bond acceptors (Lipinski definition) is 3. The van der Waals surface area contributed by atoms with Crippen molar-refractivity contribution in [1.29, 1.82) is 0 Å². The highest BCUT2D eigenvalue weighted by molar-refractivity contribution is 5.85. The second-order valence-electron chi connectivity index (χ2n) is 4.90. The minimum atomic E-state index is -0.0379. The molecule has 0 radical (unpaired) electrons. The minimum Gasteiger partial charge on any atom is -0.271 e. The average molecular weight is 263 g/mol. The van der Waals surface area contributed by atoms with Gasteiger partial charge in [0.25, 0.3) is 0 Å². The largest absolute Gasteiger partial charge is 0.271 e. The topological polar surface area (TPSA) is 50.9 Å². The van der Waals surface area contributed by atoms with E-state index in [1.165, 1.54) is 16.5 Å². The lowest BCUT2D eigenvalue weighted by Gasteiger charge is -2.20. The van der Waals surface area contributed by atoms with Crippen molar-refractivity contribution >= 4 is 10.8 Å². The van der Waals surface area contributed by atoms with Crippen LogP contribution in [0.5, 0.6) is 0 Å². The molecule has 3 rings (SSSR count). The van der Waals surface area contributed by atoms with Crippen LogP contribution in [-0.4, -0.2) is 4.98 Å². The van der Waals surface area contributed by atoms with Gasteiger partial charge in [0.15, 0.2) is 0 Å². The molecule has 0 saturated heterocycles. The molecule has 1 unspecified atom stereocenters. The Balaban J connectivity index is 2.20. The van der Waals surface area contributed by atoms with E-state index in [2.05, 4.69) is 47.7 Å². The van der Waals surface area contributed by atoms with Crippen LogP contribution in [0.25, 0.3) is 10.8 Å². The fourth-order valence-electron chi connectivity index (χ4n) is 2.65. The molecule has 0 spiro atoms. The molecule has 3 nitrogen and oxygen atoms in total. The summed E-state index contributed by atoms with van der Waals surface area (Å²) in [6.45, 7) is 2.10. The highest BCUT2D eigenvalue weighted by Gasteiger charge is 2.16. The molecule has 1 heterocycles. The van der Waals surface area contributed by atoms with Crippen molar-refractivity contribution in [3.63, 3.8) is 0 Å². The Labute approximate surface area is 118 Å². The fourth-order valence-corrected chi connectivity index (χ4v) is 2.65. The number of aromatic nitrogens is 1. The molecular weight excluding hydrogens is 246 g/mol. The molecule has 1 atom stereocenters. The van der Waals surface area contributed by atoms with Crippen molar-refractivity contribution in [1.82, 2.24) is 10.4 Å². The van der Waals surface area contributed by atoms with Crippen LogP contribution < -0.4 is 11.3 Å². The van der Waals surface area contributed by atoms with Gasteiger partial charge in [-0.15, -0.1) is 0 Å². The van der Waals surface area contributed by atoms with Gasteiger partial charge in [-0.3, -0.25) is 10.8 Å². The predicted molar refractivity (Wildman–Crippen MR) is 82.1 cm³/mol. The zero-order valence-electron chi connectivity index (χ0n) is 11.4. The molecule has 0 saturated carbocycles. The van der Waals surface area contributed by atoms with Gasteiger partial charge in [0.2, 0.25) is 0 Å². The van der Waals surface area contributed by atoms with Crippen LogP contribution >= 0.6 is 0 Å². The summed E-state index contributed by atoms with van der Waals surface area (Å²) in [6.07, 6.45) is 3.71. The van der Waals surface area contributed by atoms with Gasteiger partial charge in [-0.25, -0.2) is 5.43 Å². The van der Waals surface area contributed by atoms with E-state index in [-0.39, 0.29) is 6.04 Å². The SMILES string of the molecule is Cc1ccccc1C(NN)c1cccc2ccncc12. The number of nitrogens with zero attached hydrogens (tertiary/aromatic N) is 1. The fraction of sp³-hybridized carbons (Fsp3) is 0.118. The summed E-state index contributed by atoms with van der Waals surface area (Å²) < 4.78 is 0. The summed E-state index contributed by atoms with van der Waals surface area (Å²) in [5.74, 6) is 5.83. The van der Waals surface area contributed by atoms with Gasteiger partial charge >= 0.3 is 0 Å². The van der Waals surface area contributed by atoms with Crippen molar-refractivity contribution in [2.75, 3.05) is 0 Å². The van der Waals surface area contributed by atoms with Gasteiger partial charge in [0.1, 0.15) is 0 Å². The van der Waals surface area contributed by atoms with Crippen LogP contribution in [0.15, 0.2) is 60.9 Å². The number of nitrogens with two attached hydrogens (primary N) is 1. The number of aryl methyl sites for hydroxylation is 1. The van der Waals surface area contributed by atoms with Crippen LogP contribution in [0.2, 0.25) is 0 Å². The number of hydrogen-bond donors (Lipinski definition) is 2. The first kappa shape index (κ1) is 12.8. The molecule has 2 aromatic carbocycles. The van der Waals surface area contributed by atoms with Crippen molar-refractivity contribution in [3.05, 3.63) is 77.6 Å². The highest BCUT2D eigenvalue weighted by atomic mass is 15.2. The van der Waals surface area contributed by atoms with Crippen LogP contribution in [0.4, 0.5) is 0 Å². The van der Waals surface area contributed by atoms with Gasteiger partial charge in [-0.2, -0.15) is 0 Å². The molecule has 20 heavy (non-hydrogen) atoms. The van der Waals surface area contributed by atoms with Gasteiger partial charge in [-0.05, 0) is 35.1 Å². The highest BCUT2D eigenvalue weighted by Crippen LogP contribution is 2.29. The van der Waals surface area contributed by atoms with E-state index in [9.17, 15) is 0 Å². The molecule has 1 aromatic heterocycles. The van der Waals surface area contributed by atoms with E-state index in [0.717, 1.165) is 10.9 Å². The third-order valence-electron chi connectivity index (χ3n) is 3.69. The minimum absolute atomic E-state index is 0.0379. The maximum absolute atomic E-state index is 5.83.